The van der Waals surface area contributed by atoms with E-state index in [1.165, 1.54) is 25.7 Å². The van der Waals surface area contributed by atoms with Gasteiger partial charge in [-0.2, -0.15) is 0 Å². The first-order valence-corrected chi connectivity index (χ1v) is 8.20. The second-order valence-corrected chi connectivity index (χ2v) is 7.22. The first kappa shape index (κ1) is 16.7. The van der Waals surface area contributed by atoms with Crippen LogP contribution in [0.5, 0.6) is 0 Å². The smallest absolute Gasteiger partial charge is 0.412 e. The van der Waals surface area contributed by atoms with Crippen LogP contribution >= 0.6 is 0 Å². The third-order valence-corrected chi connectivity index (χ3v) is 3.97. The molecular weight excluding hydrogens is 276 g/mol. The molecule has 4 nitrogen and oxygen atoms in total. The summed E-state index contributed by atoms with van der Waals surface area (Å²) in [5.41, 5.74) is 1.31. The molecule has 1 aromatic carbocycles. The van der Waals surface area contributed by atoms with Gasteiger partial charge >= 0.3 is 6.09 Å². The summed E-state index contributed by atoms with van der Waals surface area (Å²) < 4.78 is 5.28. The van der Waals surface area contributed by atoms with Crippen molar-refractivity contribution in [1.29, 1.82) is 0 Å². The van der Waals surface area contributed by atoms with Gasteiger partial charge in [0, 0.05) is 17.4 Å². The number of hydrogen-bond donors (Lipinski definition) is 2. The quantitative estimate of drug-likeness (QED) is 0.824. The summed E-state index contributed by atoms with van der Waals surface area (Å²) in [5.74, 6) is 0.691. The molecule has 0 aromatic heterocycles. The van der Waals surface area contributed by atoms with Crippen molar-refractivity contribution < 1.29 is 9.53 Å². The van der Waals surface area contributed by atoms with E-state index < -0.39 is 11.7 Å². The van der Waals surface area contributed by atoms with E-state index in [4.69, 9.17) is 4.74 Å². The van der Waals surface area contributed by atoms with Gasteiger partial charge in [0.15, 0.2) is 0 Å². The molecule has 1 fully saturated rings. The molecular formula is C18H28N2O2. The minimum atomic E-state index is -0.489. The zero-order chi connectivity index (χ0) is 16.2. The number of carbonyl (C=O) groups is 1. The number of anilines is 2. The van der Waals surface area contributed by atoms with E-state index in [1.807, 2.05) is 45.0 Å². The van der Waals surface area contributed by atoms with Crippen LogP contribution in [0.1, 0.15) is 53.4 Å². The van der Waals surface area contributed by atoms with Crippen LogP contribution in [0.4, 0.5) is 16.2 Å². The molecule has 0 spiro atoms. The van der Waals surface area contributed by atoms with Crippen molar-refractivity contribution in [1.82, 2.24) is 0 Å². The van der Waals surface area contributed by atoms with Gasteiger partial charge in [0.25, 0.3) is 0 Å². The molecule has 2 unspecified atom stereocenters. The van der Waals surface area contributed by atoms with E-state index >= 15 is 0 Å². The van der Waals surface area contributed by atoms with Gasteiger partial charge in [0.1, 0.15) is 5.60 Å². The lowest BCUT2D eigenvalue weighted by atomic mass is 9.86. The summed E-state index contributed by atoms with van der Waals surface area (Å²) in [6, 6.07) is 8.35. The Balaban J connectivity index is 1.96. The second kappa shape index (κ2) is 7.03. The van der Waals surface area contributed by atoms with E-state index in [1.54, 1.807) is 0 Å². The van der Waals surface area contributed by atoms with Crippen molar-refractivity contribution in [3.8, 4) is 0 Å². The van der Waals surface area contributed by atoms with Gasteiger partial charge in [0.2, 0.25) is 0 Å². The number of benzene rings is 1. The molecule has 122 valence electrons. The third kappa shape index (κ3) is 5.24. The van der Waals surface area contributed by atoms with E-state index in [9.17, 15) is 4.79 Å². The highest BCUT2D eigenvalue weighted by atomic mass is 16.6. The molecule has 1 amide bonds. The summed E-state index contributed by atoms with van der Waals surface area (Å²) in [7, 11) is 0. The highest BCUT2D eigenvalue weighted by Gasteiger charge is 2.21. The number of rotatable bonds is 3. The van der Waals surface area contributed by atoms with Gasteiger partial charge in [0.05, 0.1) is 0 Å². The van der Waals surface area contributed by atoms with Gasteiger partial charge in [-0.15, -0.1) is 0 Å². The van der Waals surface area contributed by atoms with E-state index in [0.29, 0.717) is 12.0 Å². The Morgan fingerprint density at radius 2 is 1.86 bits per heavy atom. The fourth-order valence-corrected chi connectivity index (χ4v) is 2.85. The van der Waals surface area contributed by atoms with E-state index in [-0.39, 0.29) is 0 Å². The highest BCUT2D eigenvalue weighted by molar-refractivity contribution is 5.85. The minimum Gasteiger partial charge on any atom is -0.444 e. The predicted molar refractivity (Wildman–Crippen MR) is 91.3 cm³/mol. The Labute approximate surface area is 133 Å². The van der Waals surface area contributed by atoms with Crippen LogP contribution in [0.2, 0.25) is 0 Å². The van der Waals surface area contributed by atoms with Crippen molar-refractivity contribution in [2.24, 2.45) is 5.92 Å². The largest absolute Gasteiger partial charge is 0.444 e. The number of nitrogens with one attached hydrogen (secondary N) is 2. The second-order valence-electron chi connectivity index (χ2n) is 7.22. The minimum absolute atomic E-state index is 0.421. The fraction of sp³-hybridized carbons (Fsp3) is 0.611. The zero-order valence-corrected chi connectivity index (χ0v) is 14.1. The molecule has 2 atom stereocenters. The van der Waals surface area contributed by atoms with E-state index in [2.05, 4.69) is 17.6 Å². The van der Waals surface area contributed by atoms with Crippen molar-refractivity contribution in [2.75, 3.05) is 10.6 Å². The zero-order valence-electron chi connectivity index (χ0n) is 14.1. The molecule has 0 saturated heterocycles. The lowest BCUT2D eigenvalue weighted by Gasteiger charge is -2.30. The van der Waals surface area contributed by atoms with Gasteiger partial charge in [-0.3, -0.25) is 5.32 Å². The lowest BCUT2D eigenvalue weighted by Crippen LogP contribution is -2.30. The maximum absolute atomic E-state index is 11.8. The number of hydrogen-bond acceptors (Lipinski definition) is 3. The number of carbonyl (C=O) groups excluding carboxylic acids is 1. The highest BCUT2D eigenvalue weighted by Crippen LogP contribution is 2.27. The molecule has 0 radical (unpaired) electrons. The molecule has 1 aliphatic carbocycles. The van der Waals surface area contributed by atoms with Gasteiger partial charge in [-0.1, -0.05) is 25.8 Å². The van der Waals surface area contributed by atoms with Crippen LogP contribution in [-0.4, -0.2) is 17.7 Å². The average Bonchev–Trinajstić information content (AvgIpc) is 2.39. The molecule has 2 N–H and O–H groups in total. The van der Waals surface area contributed by atoms with Gasteiger partial charge in [-0.05, 0) is 57.7 Å². The Bertz CT molecular complexity index is 508. The molecule has 0 aliphatic heterocycles. The van der Waals surface area contributed by atoms with Gasteiger partial charge in [-0.25, -0.2) is 4.79 Å². The van der Waals surface area contributed by atoms with Crippen molar-refractivity contribution in [2.45, 2.75) is 65.0 Å². The van der Waals surface area contributed by atoms with Crippen molar-refractivity contribution in [3.05, 3.63) is 24.3 Å². The summed E-state index contributed by atoms with van der Waals surface area (Å²) in [4.78, 5) is 11.8. The first-order valence-electron chi connectivity index (χ1n) is 8.20. The molecule has 0 bridgehead atoms. The summed E-state index contributed by atoms with van der Waals surface area (Å²) in [6.07, 6.45) is 4.70. The molecule has 4 heteroatoms. The standard InChI is InChI=1S/C18H28N2O2/c1-13-8-5-6-11-16(13)19-14-9-7-10-15(12-14)20-17(21)22-18(2,3)4/h7,9-10,12-13,16,19H,5-6,8,11H2,1-4H3,(H,20,21). The Hall–Kier alpha value is -1.71. The summed E-state index contributed by atoms with van der Waals surface area (Å²) in [5, 5.41) is 6.39. The SMILES string of the molecule is CC1CCCCC1Nc1cccc(NC(=O)OC(C)(C)C)c1. The molecule has 2 rings (SSSR count). The molecule has 1 saturated carbocycles. The number of amides is 1. The normalized spacial score (nSPS) is 22.0. The lowest BCUT2D eigenvalue weighted by molar-refractivity contribution is 0.0636. The van der Waals surface area contributed by atoms with Crippen LogP contribution in [0.15, 0.2) is 24.3 Å². The fourth-order valence-electron chi connectivity index (χ4n) is 2.85. The molecule has 0 heterocycles. The van der Waals surface area contributed by atoms with Crippen LogP contribution in [0.25, 0.3) is 0 Å². The molecule has 1 aromatic rings. The maximum atomic E-state index is 11.8. The van der Waals surface area contributed by atoms with Gasteiger partial charge < -0.3 is 10.1 Å². The van der Waals surface area contributed by atoms with Crippen molar-refractivity contribution in [3.63, 3.8) is 0 Å². The van der Waals surface area contributed by atoms with Crippen LogP contribution < -0.4 is 10.6 Å². The first-order chi connectivity index (χ1) is 10.3. The van der Waals surface area contributed by atoms with Crippen LogP contribution in [-0.2, 0) is 4.74 Å². The third-order valence-electron chi connectivity index (χ3n) is 3.97. The molecule has 1 aliphatic rings. The van der Waals surface area contributed by atoms with Crippen LogP contribution in [0.3, 0.4) is 0 Å². The molecule has 22 heavy (non-hydrogen) atoms. The predicted octanol–water partition coefficient (Wildman–Crippen LogP) is 5.02. The van der Waals surface area contributed by atoms with Crippen molar-refractivity contribution >= 4 is 17.5 Å². The number of ether oxygens (including phenoxy) is 1. The average molecular weight is 304 g/mol. The maximum Gasteiger partial charge on any atom is 0.412 e. The monoisotopic (exact) mass is 304 g/mol. The Kier molecular flexibility index (Phi) is 5.33. The topological polar surface area (TPSA) is 50.4 Å². The Morgan fingerprint density at radius 3 is 2.55 bits per heavy atom. The summed E-state index contributed by atoms with van der Waals surface area (Å²) in [6.45, 7) is 7.87. The van der Waals surface area contributed by atoms with Crippen LogP contribution in [0, 0.1) is 5.92 Å². The Morgan fingerprint density at radius 1 is 1.18 bits per heavy atom. The van der Waals surface area contributed by atoms with E-state index in [0.717, 1.165) is 11.4 Å². The summed E-state index contributed by atoms with van der Waals surface area (Å²) >= 11 is 0.